The molecule has 1 heterocycles. The van der Waals surface area contributed by atoms with Crippen molar-refractivity contribution < 1.29 is 4.79 Å². The van der Waals surface area contributed by atoms with Gasteiger partial charge in [-0.05, 0) is 62.0 Å². The maximum atomic E-state index is 11.5. The lowest BCUT2D eigenvalue weighted by Gasteiger charge is -2.17. The summed E-state index contributed by atoms with van der Waals surface area (Å²) in [6.45, 7) is 3.54. The van der Waals surface area contributed by atoms with Crippen LogP contribution in [0.5, 0.6) is 0 Å². The molecule has 1 amide bonds. The largest absolute Gasteiger partial charge is 0.381 e. The third-order valence-electron chi connectivity index (χ3n) is 4.48. The quantitative estimate of drug-likeness (QED) is 0.677. The number of primary amides is 1. The van der Waals surface area contributed by atoms with Crippen LogP contribution in [0.25, 0.3) is 5.69 Å². The number of hydrogen-bond acceptors (Lipinski definition) is 4. The van der Waals surface area contributed by atoms with Crippen molar-refractivity contribution in [2.75, 3.05) is 19.4 Å². The molecule has 3 aromatic rings. The zero-order chi connectivity index (χ0) is 19.4. The van der Waals surface area contributed by atoms with Crippen molar-refractivity contribution in [3.63, 3.8) is 0 Å². The molecule has 0 saturated carbocycles. The first-order valence-electron chi connectivity index (χ1n) is 8.83. The molecule has 0 saturated heterocycles. The lowest BCUT2D eigenvalue weighted by molar-refractivity contribution is 0.100. The highest BCUT2D eigenvalue weighted by molar-refractivity contribution is 5.94. The number of carbonyl (C=O) groups excluding carboxylic acids is 1. The van der Waals surface area contributed by atoms with Gasteiger partial charge in [0, 0.05) is 42.4 Å². The number of amides is 1. The maximum Gasteiger partial charge on any atom is 0.248 e. The highest BCUT2D eigenvalue weighted by Crippen LogP contribution is 2.22. The predicted molar refractivity (Wildman–Crippen MR) is 108 cm³/mol. The van der Waals surface area contributed by atoms with E-state index in [2.05, 4.69) is 40.3 Å². The molecule has 0 radical (unpaired) electrons. The first-order chi connectivity index (χ1) is 12.9. The van der Waals surface area contributed by atoms with Gasteiger partial charge in [-0.2, -0.15) is 0 Å². The van der Waals surface area contributed by atoms with Crippen molar-refractivity contribution in [2.45, 2.75) is 20.0 Å². The maximum absolute atomic E-state index is 11.5. The predicted octanol–water partition coefficient (Wildman–Crippen LogP) is 2.95. The van der Waals surface area contributed by atoms with Gasteiger partial charge in [-0.3, -0.25) is 4.79 Å². The number of carbonyl (C=O) groups is 1. The average molecular weight is 363 g/mol. The summed E-state index contributed by atoms with van der Waals surface area (Å²) in [6, 6.07) is 11.9. The second kappa shape index (κ2) is 8.05. The van der Waals surface area contributed by atoms with Crippen molar-refractivity contribution in [3.05, 3.63) is 77.4 Å². The smallest absolute Gasteiger partial charge is 0.248 e. The van der Waals surface area contributed by atoms with Gasteiger partial charge in [0.25, 0.3) is 0 Å². The minimum Gasteiger partial charge on any atom is -0.381 e. The zero-order valence-electron chi connectivity index (χ0n) is 15.9. The van der Waals surface area contributed by atoms with Gasteiger partial charge in [0.1, 0.15) is 0 Å². The Morgan fingerprint density at radius 2 is 1.96 bits per heavy atom. The summed E-state index contributed by atoms with van der Waals surface area (Å²) in [4.78, 5) is 17.7. The number of nitrogens with zero attached hydrogens (tertiary/aromatic N) is 3. The third kappa shape index (κ3) is 4.54. The molecule has 0 aliphatic rings. The average Bonchev–Trinajstić information content (AvgIpc) is 3.15. The highest BCUT2D eigenvalue weighted by atomic mass is 16.1. The van der Waals surface area contributed by atoms with E-state index in [1.165, 1.54) is 11.1 Å². The molecule has 0 bridgehead atoms. The summed E-state index contributed by atoms with van der Waals surface area (Å²) in [5.74, 6) is -0.421. The Balaban J connectivity index is 1.81. The van der Waals surface area contributed by atoms with Crippen LogP contribution in [-0.4, -0.2) is 34.5 Å². The van der Waals surface area contributed by atoms with Crippen molar-refractivity contribution in [1.82, 2.24) is 14.5 Å². The molecule has 140 valence electrons. The lowest BCUT2D eigenvalue weighted by atomic mass is 10.1. The standard InChI is InChI=1S/C21H25N5O/c1-15-10-19(26-9-8-23-14-26)7-6-17(15)12-24-20-11-16(21(22)27)4-5-18(20)13-25(2)3/h4-11,14,24H,12-13H2,1-3H3,(H2,22,27). The van der Waals surface area contributed by atoms with Gasteiger partial charge in [0.15, 0.2) is 0 Å². The first kappa shape index (κ1) is 18.7. The molecule has 3 N–H and O–H groups in total. The van der Waals surface area contributed by atoms with E-state index in [4.69, 9.17) is 5.73 Å². The van der Waals surface area contributed by atoms with Crippen LogP contribution in [0.15, 0.2) is 55.1 Å². The van der Waals surface area contributed by atoms with Crippen LogP contribution in [0.1, 0.15) is 27.0 Å². The molecule has 0 aliphatic carbocycles. The molecular formula is C21H25N5O. The minimum absolute atomic E-state index is 0.421. The second-order valence-electron chi connectivity index (χ2n) is 6.91. The monoisotopic (exact) mass is 363 g/mol. The Hall–Kier alpha value is -3.12. The fourth-order valence-electron chi connectivity index (χ4n) is 3.01. The summed E-state index contributed by atoms with van der Waals surface area (Å²) < 4.78 is 1.98. The molecule has 0 spiro atoms. The van der Waals surface area contributed by atoms with E-state index in [0.29, 0.717) is 12.1 Å². The number of hydrogen-bond donors (Lipinski definition) is 2. The number of nitrogens with two attached hydrogens (primary N) is 1. The van der Waals surface area contributed by atoms with Crippen LogP contribution in [0.4, 0.5) is 5.69 Å². The van der Waals surface area contributed by atoms with Crippen LogP contribution in [0.2, 0.25) is 0 Å². The fourth-order valence-corrected chi connectivity index (χ4v) is 3.01. The number of benzene rings is 2. The lowest BCUT2D eigenvalue weighted by Crippen LogP contribution is -2.15. The van der Waals surface area contributed by atoms with E-state index >= 15 is 0 Å². The number of nitrogens with one attached hydrogen (secondary N) is 1. The van der Waals surface area contributed by atoms with E-state index in [1.807, 2.05) is 37.0 Å². The Morgan fingerprint density at radius 1 is 1.19 bits per heavy atom. The molecule has 27 heavy (non-hydrogen) atoms. The number of aromatic nitrogens is 2. The summed E-state index contributed by atoms with van der Waals surface area (Å²) >= 11 is 0. The van der Waals surface area contributed by atoms with Gasteiger partial charge in [-0.1, -0.05) is 12.1 Å². The Bertz CT molecular complexity index is 932. The van der Waals surface area contributed by atoms with Crippen LogP contribution in [0.3, 0.4) is 0 Å². The summed E-state index contributed by atoms with van der Waals surface area (Å²) in [7, 11) is 4.04. The molecule has 6 heteroatoms. The summed E-state index contributed by atoms with van der Waals surface area (Å²) in [5, 5.41) is 3.47. The van der Waals surface area contributed by atoms with E-state index in [0.717, 1.165) is 23.5 Å². The van der Waals surface area contributed by atoms with Gasteiger partial charge < -0.3 is 20.5 Å². The van der Waals surface area contributed by atoms with Crippen LogP contribution >= 0.6 is 0 Å². The van der Waals surface area contributed by atoms with Gasteiger partial charge in [-0.25, -0.2) is 4.98 Å². The van der Waals surface area contributed by atoms with Crippen LogP contribution in [0, 0.1) is 6.92 Å². The first-order valence-corrected chi connectivity index (χ1v) is 8.83. The molecule has 6 nitrogen and oxygen atoms in total. The Morgan fingerprint density at radius 3 is 2.59 bits per heavy atom. The molecule has 0 atom stereocenters. The molecule has 0 aliphatic heterocycles. The van der Waals surface area contributed by atoms with Gasteiger partial charge in [0.05, 0.1) is 6.33 Å². The zero-order valence-corrected chi connectivity index (χ0v) is 15.9. The van der Waals surface area contributed by atoms with Crippen molar-refractivity contribution in [2.24, 2.45) is 5.73 Å². The number of anilines is 1. The van der Waals surface area contributed by atoms with Gasteiger partial charge in [-0.15, -0.1) is 0 Å². The van der Waals surface area contributed by atoms with Gasteiger partial charge in [0.2, 0.25) is 5.91 Å². The van der Waals surface area contributed by atoms with E-state index in [1.54, 1.807) is 18.6 Å². The van der Waals surface area contributed by atoms with Crippen molar-refractivity contribution in [3.8, 4) is 5.69 Å². The number of aryl methyl sites for hydroxylation is 1. The fraction of sp³-hybridized carbons (Fsp3) is 0.238. The SMILES string of the molecule is Cc1cc(-n2ccnc2)ccc1CNc1cc(C(N)=O)ccc1CN(C)C. The highest BCUT2D eigenvalue weighted by Gasteiger charge is 2.09. The molecule has 3 rings (SSSR count). The van der Waals surface area contributed by atoms with E-state index in [-0.39, 0.29) is 0 Å². The third-order valence-corrected chi connectivity index (χ3v) is 4.48. The Labute approximate surface area is 159 Å². The minimum atomic E-state index is -0.421. The summed E-state index contributed by atoms with van der Waals surface area (Å²) in [5.41, 5.74) is 11.5. The van der Waals surface area contributed by atoms with Crippen molar-refractivity contribution >= 4 is 11.6 Å². The topological polar surface area (TPSA) is 76.2 Å². The van der Waals surface area contributed by atoms with Crippen LogP contribution < -0.4 is 11.1 Å². The molecule has 1 aromatic heterocycles. The number of rotatable bonds is 7. The second-order valence-corrected chi connectivity index (χ2v) is 6.91. The summed E-state index contributed by atoms with van der Waals surface area (Å²) in [6.07, 6.45) is 5.48. The molecular weight excluding hydrogens is 338 g/mol. The molecule has 0 unspecified atom stereocenters. The normalized spacial score (nSPS) is 11.0. The number of imidazole rings is 1. The molecule has 0 fully saturated rings. The van der Waals surface area contributed by atoms with E-state index < -0.39 is 5.91 Å². The van der Waals surface area contributed by atoms with Crippen LogP contribution in [-0.2, 0) is 13.1 Å². The van der Waals surface area contributed by atoms with Gasteiger partial charge >= 0.3 is 0 Å². The molecule has 2 aromatic carbocycles. The van der Waals surface area contributed by atoms with Crippen molar-refractivity contribution in [1.29, 1.82) is 0 Å². The van der Waals surface area contributed by atoms with E-state index in [9.17, 15) is 4.79 Å². The Kier molecular flexibility index (Phi) is 5.57.